The molecule has 0 aliphatic carbocycles. The number of carbonyl (C=O) groups is 1. The van der Waals surface area contributed by atoms with E-state index in [0.717, 1.165) is 5.56 Å². The van der Waals surface area contributed by atoms with Gasteiger partial charge in [-0.05, 0) is 37.3 Å². The van der Waals surface area contributed by atoms with Crippen LogP contribution in [-0.2, 0) is 11.3 Å². The predicted octanol–water partition coefficient (Wildman–Crippen LogP) is 2.54. The lowest BCUT2D eigenvalue weighted by Crippen LogP contribution is -2.41. The molecule has 0 aromatic heterocycles. The van der Waals surface area contributed by atoms with E-state index in [1.807, 2.05) is 19.1 Å². The highest BCUT2D eigenvalue weighted by Gasteiger charge is 2.07. The summed E-state index contributed by atoms with van der Waals surface area (Å²) in [6.45, 7) is 2.91. The van der Waals surface area contributed by atoms with Crippen LogP contribution in [0.3, 0.4) is 0 Å². The summed E-state index contributed by atoms with van der Waals surface area (Å²) in [5, 5.41) is 8.65. The SMILES string of the molecule is CCNC(=NCc1ccc(OC)cc1OC)NCC(=O)Nc1cccc(F)c1. The molecule has 0 bridgehead atoms. The average molecular weight is 388 g/mol. The zero-order valence-electron chi connectivity index (χ0n) is 16.2. The van der Waals surface area contributed by atoms with Crippen LogP contribution >= 0.6 is 0 Å². The van der Waals surface area contributed by atoms with Gasteiger partial charge in [0.2, 0.25) is 5.91 Å². The van der Waals surface area contributed by atoms with Crippen molar-refractivity contribution in [2.75, 3.05) is 32.6 Å². The van der Waals surface area contributed by atoms with Gasteiger partial charge in [0.1, 0.15) is 17.3 Å². The molecule has 8 heteroatoms. The van der Waals surface area contributed by atoms with E-state index in [-0.39, 0.29) is 12.5 Å². The summed E-state index contributed by atoms with van der Waals surface area (Å²) in [6.07, 6.45) is 0. The first kappa shape index (κ1) is 21.0. The molecule has 1 amide bonds. The predicted molar refractivity (Wildman–Crippen MR) is 107 cm³/mol. The van der Waals surface area contributed by atoms with Gasteiger partial charge in [-0.2, -0.15) is 0 Å². The van der Waals surface area contributed by atoms with Gasteiger partial charge >= 0.3 is 0 Å². The quantitative estimate of drug-likeness (QED) is 0.478. The number of halogens is 1. The van der Waals surface area contributed by atoms with Crippen molar-refractivity contribution < 1.29 is 18.7 Å². The van der Waals surface area contributed by atoms with Gasteiger partial charge in [0.05, 0.1) is 27.3 Å². The number of anilines is 1. The van der Waals surface area contributed by atoms with Gasteiger partial charge in [-0.1, -0.05) is 6.07 Å². The minimum absolute atomic E-state index is 0.0118. The molecule has 0 aliphatic heterocycles. The van der Waals surface area contributed by atoms with Crippen LogP contribution in [0.15, 0.2) is 47.5 Å². The van der Waals surface area contributed by atoms with E-state index in [1.54, 1.807) is 26.4 Å². The maximum Gasteiger partial charge on any atom is 0.243 e. The second-order valence-electron chi connectivity index (χ2n) is 5.79. The largest absolute Gasteiger partial charge is 0.497 e. The zero-order chi connectivity index (χ0) is 20.4. The van der Waals surface area contributed by atoms with Crippen LogP contribution in [0.25, 0.3) is 0 Å². The Labute approximate surface area is 164 Å². The van der Waals surface area contributed by atoms with Gasteiger partial charge in [0.15, 0.2) is 5.96 Å². The number of amides is 1. The zero-order valence-corrected chi connectivity index (χ0v) is 16.2. The number of hydrogen-bond donors (Lipinski definition) is 3. The van der Waals surface area contributed by atoms with E-state index in [2.05, 4.69) is 20.9 Å². The van der Waals surface area contributed by atoms with Crippen molar-refractivity contribution >= 4 is 17.6 Å². The molecule has 0 unspecified atom stereocenters. The van der Waals surface area contributed by atoms with Crippen molar-refractivity contribution in [3.05, 3.63) is 53.8 Å². The van der Waals surface area contributed by atoms with Crippen LogP contribution in [0.4, 0.5) is 10.1 Å². The van der Waals surface area contributed by atoms with Crippen LogP contribution in [0.2, 0.25) is 0 Å². The van der Waals surface area contributed by atoms with E-state index in [0.29, 0.717) is 36.2 Å². The fourth-order valence-corrected chi connectivity index (χ4v) is 2.42. The number of ether oxygens (including phenoxy) is 2. The van der Waals surface area contributed by atoms with Crippen LogP contribution in [0.1, 0.15) is 12.5 Å². The van der Waals surface area contributed by atoms with Crippen LogP contribution in [-0.4, -0.2) is 39.2 Å². The first-order valence-corrected chi connectivity index (χ1v) is 8.84. The summed E-state index contributed by atoms with van der Waals surface area (Å²) >= 11 is 0. The van der Waals surface area contributed by atoms with Crippen molar-refractivity contribution in [1.82, 2.24) is 10.6 Å². The van der Waals surface area contributed by atoms with E-state index < -0.39 is 5.82 Å². The first-order chi connectivity index (χ1) is 13.5. The molecule has 150 valence electrons. The summed E-state index contributed by atoms with van der Waals surface area (Å²) in [5.41, 5.74) is 1.28. The second-order valence-corrected chi connectivity index (χ2v) is 5.79. The van der Waals surface area contributed by atoms with Crippen LogP contribution in [0.5, 0.6) is 11.5 Å². The highest BCUT2D eigenvalue weighted by atomic mass is 19.1. The van der Waals surface area contributed by atoms with Crippen molar-refractivity contribution in [2.45, 2.75) is 13.5 Å². The molecule has 0 fully saturated rings. The summed E-state index contributed by atoms with van der Waals surface area (Å²) in [6, 6.07) is 11.2. The molecule has 0 saturated carbocycles. The van der Waals surface area contributed by atoms with Crippen molar-refractivity contribution in [1.29, 1.82) is 0 Å². The van der Waals surface area contributed by atoms with Gasteiger partial charge in [-0.3, -0.25) is 4.79 Å². The Kier molecular flexibility index (Phi) is 8.08. The smallest absolute Gasteiger partial charge is 0.243 e. The van der Waals surface area contributed by atoms with E-state index in [9.17, 15) is 9.18 Å². The number of nitrogens with one attached hydrogen (secondary N) is 3. The summed E-state index contributed by atoms with van der Waals surface area (Å²) in [4.78, 5) is 16.5. The lowest BCUT2D eigenvalue weighted by atomic mass is 10.2. The summed E-state index contributed by atoms with van der Waals surface area (Å²) in [7, 11) is 3.18. The third-order valence-electron chi connectivity index (χ3n) is 3.77. The summed E-state index contributed by atoms with van der Waals surface area (Å²) < 4.78 is 23.7. The third kappa shape index (κ3) is 6.46. The number of benzene rings is 2. The minimum atomic E-state index is -0.408. The minimum Gasteiger partial charge on any atom is -0.497 e. The third-order valence-corrected chi connectivity index (χ3v) is 3.77. The van der Waals surface area contributed by atoms with Gasteiger partial charge < -0.3 is 25.4 Å². The maximum absolute atomic E-state index is 13.2. The number of rotatable bonds is 8. The van der Waals surface area contributed by atoms with E-state index in [1.165, 1.54) is 18.2 Å². The lowest BCUT2D eigenvalue weighted by molar-refractivity contribution is -0.115. The Morgan fingerprint density at radius 1 is 1.11 bits per heavy atom. The fraction of sp³-hybridized carbons (Fsp3) is 0.300. The topological polar surface area (TPSA) is 84.0 Å². The number of carbonyl (C=O) groups excluding carboxylic acids is 1. The van der Waals surface area contributed by atoms with Crippen molar-refractivity contribution in [3.8, 4) is 11.5 Å². The maximum atomic E-state index is 13.2. The van der Waals surface area contributed by atoms with Crippen molar-refractivity contribution in [3.63, 3.8) is 0 Å². The van der Waals surface area contributed by atoms with E-state index in [4.69, 9.17) is 9.47 Å². The van der Waals surface area contributed by atoms with Crippen LogP contribution in [0, 0.1) is 5.82 Å². The van der Waals surface area contributed by atoms with Gasteiger partial charge in [-0.15, -0.1) is 0 Å². The fourth-order valence-electron chi connectivity index (χ4n) is 2.42. The Morgan fingerprint density at radius 2 is 1.93 bits per heavy atom. The average Bonchev–Trinajstić information content (AvgIpc) is 2.70. The monoisotopic (exact) mass is 388 g/mol. The molecule has 2 rings (SSSR count). The first-order valence-electron chi connectivity index (χ1n) is 8.84. The molecule has 28 heavy (non-hydrogen) atoms. The summed E-state index contributed by atoms with van der Waals surface area (Å²) in [5.74, 6) is 1.13. The highest BCUT2D eigenvalue weighted by molar-refractivity contribution is 5.94. The molecule has 3 N–H and O–H groups in total. The Hall–Kier alpha value is -3.29. The van der Waals surface area contributed by atoms with Crippen LogP contribution < -0.4 is 25.4 Å². The highest BCUT2D eigenvalue weighted by Crippen LogP contribution is 2.25. The number of nitrogens with zero attached hydrogens (tertiary/aromatic N) is 1. The molecule has 0 heterocycles. The number of aliphatic imine (C=N–C) groups is 1. The molecule has 0 atom stereocenters. The molecule has 0 saturated heterocycles. The van der Waals surface area contributed by atoms with E-state index >= 15 is 0 Å². The van der Waals surface area contributed by atoms with Gasteiger partial charge in [-0.25, -0.2) is 9.38 Å². The van der Waals surface area contributed by atoms with Gasteiger partial charge in [0, 0.05) is 23.9 Å². The molecule has 0 radical (unpaired) electrons. The molecule has 7 nitrogen and oxygen atoms in total. The molecule has 2 aromatic rings. The lowest BCUT2D eigenvalue weighted by Gasteiger charge is -2.13. The molecular weight excluding hydrogens is 363 g/mol. The Balaban J connectivity index is 1.97. The molecule has 2 aromatic carbocycles. The molecule has 0 spiro atoms. The number of methoxy groups -OCH3 is 2. The molecule has 0 aliphatic rings. The standard InChI is InChI=1S/C20H25FN4O3/c1-4-22-20(23-12-14-8-9-17(27-2)11-18(14)28-3)24-13-19(26)25-16-7-5-6-15(21)10-16/h5-11H,4,12-13H2,1-3H3,(H,25,26)(H2,22,23,24). The second kappa shape index (κ2) is 10.8. The van der Waals surface area contributed by atoms with Crippen molar-refractivity contribution in [2.24, 2.45) is 4.99 Å². The normalized spacial score (nSPS) is 10.9. The Bertz CT molecular complexity index is 827. The van der Waals surface area contributed by atoms with Gasteiger partial charge in [0.25, 0.3) is 0 Å². The number of guanidine groups is 1. The molecular formula is C20H25FN4O3. The number of hydrogen-bond acceptors (Lipinski definition) is 4. The Morgan fingerprint density at radius 3 is 2.61 bits per heavy atom.